The Kier molecular flexibility index (Phi) is 5.43. The molecule has 1 aliphatic rings. The molecule has 0 bridgehead atoms. The fourth-order valence-corrected chi connectivity index (χ4v) is 2.38. The van der Waals surface area contributed by atoms with Crippen molar-refractivity contribution in [2.24, 2.45) is 0 Å². The summed E-state index contributed by atoms with van der Waals surface area (Å²) >= 11 is 0. The van der Waals surface area contributed by atoms with Crippen LogP contribution in [0.5, 0.6) is 0 Å². The Bertz CT molecular complexity index is 472. The molecule has 1 aliphatic carbocycles. The van der Waals surface area contributed by atoms with Gasteiger partial charge in [-0.25, -0.2) is 0 Å². The number of nitriles is 1. The van der Waals surface area contributed by atoms with Crippen LogP contribution in [0.3, 0.4) is 0 Å². The van der Waals surface area contributed by atoms with Gasteiger partial charge in [-0.3, -0.25) is 0 Å². The van der Waals surface area contributed by atoms with Gasteiger partial charge < -0.3 is 10.2 Å². The molecule has 3 heteroatoms. The lowest BCUT2D eigenvalue weighted by molar-refractivity contribution is 0.687. The second kappa shape index (κ2) is 7.31. The predicted molar refractivity (Wildman–Crippen MR) is 83.8 cm³/mol. The minimum Gasteiger partial charge on any atom is -0.374 e. The van der Waals surface area contributed by atoms with Gasteiger partial charge in [-0.2, -0.15) is 5.26 Å². The average molecular weight is 271 g/mol. The summed E-state index contributed by atoms with van der Waals surface area (Å²) in [6, 6.07) is 9.31. The summed E-state index contributed by atoms with van der Waals surface area (Å²) in [5.41, 5.74) is 3.05. The molecule has 0 aromatic heterocycles. The smallest absolute Gasteiger partial charge is 0.101 e. The summed E-state index contributed by atoms with van der Waals surface area (Å²) in [4.78, 5) is 2.20. The topological polar surface area (TPSA) is 39.1 Å². The van der Waals surface area contributed by atoms with E-state index in [2.05, 4.69) is 42.4 Å². The Morgan fingerprint density at radius 1 is 1.35 bits per heavy atom. The van der Waals surface area contributed by atoms with Crippen LogP contribution in [0.15, 0.2) is 18.2 Å². The van der Waals surface area contributed by atoms with Crippen LogP contribution in [0.25, 0.3) is 0 Å². The van der Waals surface area contributed by atoms with E-state index in [0.29, 0.717) is 6.04 Å². The van der Waals surface area contributed by atoms with Crippen LogP contribution >= 0.6 is 0 Å². The summed E-state index contributed by atoms with van der Waals surface area (Å²) in [6.07, 6.45) is 6.25. The van der Waals surface area contributed by atoms with Gasteiger partial charge in [0.2, 0.25) is 0 Å². The molecule has 0 radical (unpaired) electrons. The van der Waals surface area contributed by atoms with Crippen LogP contribution in [0.2, 0.25) is 0 Å². The monoisotopic (exact) mass is 271 g/mol. The zero-order valence-corrected chi connectivity index (χ0v) is 12.7. The van der Waals surface area contributed by atoms with Gasteiger partial charge in [-0.1, -0.05) is 25.8 Å². The number of hydrogen-bond acceptors (Lipinski definition) is 3. The molecular formula is C17H25N3. The summed E-state index contributed by atoms with van der Waals surface area (Å²) in [7, 11) is 2.08. The lowest BCUT2D eigenvalue weighted by Gasteiger charge is -2.21. The maximum atomic E-state index is 9.36. The van der Waals surface area contributed by atoms with Crippen molar-refractivity contribution in [3.8, 4) is 6.07 Å². The largest absolute Gasteiger partial charge is 0.374 e. The molecule has 2 rings (SSSR count). The van der Waals surface area contributed by atoms with Crippen LogP contribution in [0, 0.1) is 11.3 Å². The molecule has 1 saturated carbocycles. The first kappa shape index (κ1) is 14.9. The third-order valence-corrected chi connectivity index (χ3v) is 3.86. The molecule has 0 saturated heterocycles. The highest BCUT2D eigenvalue weighted by Gasteiger charge is 2.20. The third-order valence-electron chi connectivity index (χ3n) is 3.86. The molecule has 0 unspecified atom stereocenters. The highest BCUT2D eigenvalue weighted by molar-refractivity contribution is 5.60. The molecule has 1 aromatic rings. The molecule has 20 heavy (non-hydrogen) atoms. The second-order valence-corrected chi connectivity index (χ2v) is 5.75. The quantitative estimate of drug-likeness (QED) is 0.736. The van der Waals surface area contributed by atoms with Gasteiger partial charge in [0.1, 0.15) is 6.07 Å². The molecule has 108 valence electrons. The number of rotatable bonds is 8. The molecule has 0 atom stereocenters. The van der Waals surface area contributed by atoms with E-state index in [1.807, 2.05) is 6.07 Å². The van der Waals surface area contributed by atoms with E-state index in [9.17, 15) is 5.26 Å². The molecule has 0 spiro atoms. The number of nitrogens with one attached hydrogen (secondary N) is 1. The Morgan fingerprint density at radius 3 is 2.80 bits per heavy atom. The van der Waals surface area contributed by atoms with Crippen molar-refractivity contribution < 1.29 is 0 Å². The molecule has 3 nitrogen and oxygen atoms in total. The van der Waals surface area contributed by atoms with Crippen LogP contribution in [0.4, 0.5) is 5.69 Å². The minimum atomic E-state index is 0.705. The third kappa shape index (κ3) is 4.25. The normalized spacial score (nSPS) is 14.1. The van der Waals surface area contributed by atoms with Crippen LogP contribution in [0.1, 0.15) is 50.2 Å². The van der Waals surface area contributed by atoms with Gasteiger partial charge in [0.05, 0.1) is 11.3 Å². The zero-order valence-electron chi connectivity index (χ0n) is 12.7. The molecule has 0 amide bonds. The lowest BCUT2D eigenvalue weighted by Crippen LogP contribution is -2.20. The summed E-state index contributed by atoms with van der Waals surface area (Å²) in [6.45, 7) is 4.10. The second-order valence-electron chi connectivity index (χ2n) is 5.75. The zero-order chi connectivity index (χ0) is 14.4. The van der Waals surface area contributed by atoms with Crippen molar-refractivity contribution in [1.82, 2.24) is 5.32 Å². The number of benzene rings is 1. The minimum absolute atomic E-state index is 0.705. The summed E-state index contributed by atoms with van der Waals surface area (Å²) in [5.74, 6) is 0. The number of unbranched alkanes of at least 4 members (excludes halogenated alkanes) is 2. The van der Waals surface area contributed by atoms with Crippen LogP contribution in [-0.4, -0.2) is 19.6 Å². The number of hydrogen-bond donors (Lipinski definition) is 1. The molecular weight excluding hydrogens is 246 g/mol. The highest BCUT2D eigenvalue weighted by atomic mass is 15.1. The van der Waals surface area contributed by atoms with Gasteiger partial charge in [-0.05, 0) is 37.0 Å². The maximum absolute atomic E-state index is 9.36. The molecule has 1 fully saturated rings. The Labute approximate surface area is 122 Å². The van der Waals surface area contributed by atoms with Crippen molar-refractivity contribution >= 4 is 5.69 Å². The highest BCUT2D eigenvalue weighted by Crippen LogP contribution is 2.23. The fraction of sp³-hybridized carbons (Fsp3) is 0.588. The number of anilines is 1. The standard InChI is InChI=1S/C17H25N3/c1-3-4-5-10-20(2)17-9-6-14(11-15(17)12-18)13-19-16-7-8-16/h6,9,11,16,19H,3-5,7-8,10,13H2,1-2H3. The van der Waals surface area contributed by atoms with Crippen molar-refractivity contribution in [1.29, 1.82) is 5.26 Å². The van der Waals surface area contributed by atoms with Gasteiger partial charge in [0.15, 0.2) is 0 Å². The summed E-state index contributed by atoms with van der Waals surface area (Å²) in [5, 5.41) is 12.8. The van der Waals surface area contributed by atoms with Crippen molar-refractivity contribution in [2.45, 2.75) is 51.6 Å². The number of nitrogens with zero attached hydrogens (tertiary/aromatic N) is 2. The Balaban J connectivity index is 1.98. The fourth-order valence-electron chi connectivity index (χ4n) is 2.38. The lowest BCUT2D eigenvalue weighted by atomic mass is 10.1. The average Bonchev–Trinajstić information content (AvgIpc) is 3.29. The molecule has 1 N–H and O–H groups in total. The van der Waals surface area contributed by atoms with Crippen LogP contribution < -0.4 is 10.2 Å². The first-order chi connectivity index (χ1) is 9.74. The van der Waals surface area contributed by atoms with E-state index < -0.39 is 0 Å². The van der Waals surface area contributed by atoms with E-state index in [1.165, 1.54) is 37.7 Å². The van der Waals surface area contributed by atoms with E-state index >= 15 is 0 Å². The van der Waals surface area contributed by atoms with E-state index in [4.69, 9.17) is 0 Å². The maximum Gasteiger partial charge on any atom is 0.101 e. The van der Waals surface area contributed by atoms with E-state index in [0.717, 1.165) is 24.3 Å². The Morgan fingerprint density at radius 2 is 2.15 bits per heavy atom. The SMILES string of the molecule is CCCCCN(C)c1ccc(CNC2CC2)cc1C#N. The van der Waals surface area contributed by atoms with Crippen LogP contribution in [-0.2, 0) is 6.54 Å². The predicted octanol–water partition coefficient (Wildman–Crippen LogP) is 3.44. The van der Waals surface area contributed by atoms with Crippen molar-refractivity contribution in [3.05, 3.63) is 29.3 Å². The first-order valence-corrected chi connectivity index (χ1v) is 7.72. The molecule has 1 aromatic carbocycles. The van der Waals surface area contributed by atoms with E-state index in [1.54, 1.807) is 0 Å². The summed E-state index contributed by atoms with van der Waals surface area (Å²) < 4.78 is 0. The Hall–Kier alpha value is -1.53. The van der Waals surface area contributed by atoms with Gasteiger partial charge in [-0.15, -0.1) is 0 Å². The van der Waals surface area contributed by atoms with Gasteiger partial charge in [0.25, 0.3) is 0 Å². The van der Waals surface area contributed by atoms with E-state index in [-0.39, 0.29) is 0 Å². The van der Waals surface area contributed by atoms with Gasteiger partial charge in [0, 0.05) is 26.2 Å². The molecule has 0 heterocycles. The van der Waals surface area contributed by atoms with Crippen molar-refractivity contribution in [2.75, 3.05) is 18.5 Å². The van der Waals surface area contributed by atoms with Gasteiger partial charge >= 0.3 is 0 Å². The molecule has 0 aliphatic heterocycles. The van der Waals surface area contributed by atoms with Crippen molar-refractivity contribution in [3.63, 3.8) is 0 Å². The first-order valence-electron chi connectivity index (χ1n) is 7.72.